The molecule has 0 aliphatic carbocycles. The molecule has 39 heavy (non-hydrogen) atoms. The highest BCUT2D eigenvalue weighted by Crippen LogP contribution is 2.30. The smallest absolute Gasteiger partial charge is 0.383 e. The number of carbonyl (C=O) groups is 1. The number of likely N-dealkylation sites (tertiary alicyclic amines) is 1. The van der Waals surface area contributed by atoms with Crippen molar-refractivity contribution in [2.45, 2.75) is 24.7 Å². The van der Waals surface area contributed by atoms with Gasteiger partial charge < -0.3 is 15.4 Å². The van der Waals surface area contributed by atoms with Gasteiger partial charge in [-0.15, -0.1) is 0 Å². The van der Waals surface area contributed by atoms with Crippen molar-refractivity contribution in [3.8, 4) is 11.3 Å². The van der Waals surface area contributed by atoms with Gasteiger partial charge in [0.15, 0.2) is 11.6 Å². The topological polar surface area (TPSA) is 88.5 Å². The molecule has 2 atom stereocenters. The first-order chi connectivity index (χ1) is 18.5. The quantitative estimate of drug-likeness (QED) is 0.414. The molecule has 3 aromatic rings. The number of aromatic nitrogens is 2. The van der Waals surface area contributed by atoms with Crippen LogP contribution in [-0.4, -0.2) is 66.3 Å². The van der Waals surface area contributed by atoms with E-state index in [4.69, 9.17) is 4.74 Å². The number of amides is 2. The van der Waals surface area contributed by atoms with Gasteiger partial charge in [0.05, 0.1) is 18.3 Å². The van der Waals surface area contributed by atoms with Crippen LogP contribution < -0.4 is 16.2 Å². The van der Waals surface area contributed by atoms with Gasteiger partial charge in [-0.3, -0.25) is 9.69 Å². The number of methoxy groups -OCH3 is 1. The molecule has 4 rings (SSSR count). The molecule has 1 fully saturated rings. The number of hydrogen-bond donors (Lipinski definition) is 2. The van der Waals surface area contributed by atoms with Crippen LogP contribution in [0.15, 0.2) is 59.4 Å². The number of anilines is 1. The van der Waals surface area contributed by atoms with Crippen LogP contribution >= 0.6 is 0 Å². The van der Waals surface area contributed by atoms with Crippen LogP contribution in [0, 0.1) is 11.6 Å². The summed E-state index contributed by atoms with van der Waals surface area (Å²) in [7, 11) is 1.55. The average molecular weight is 552 g/mol. The third-order valence-electron chi connectivity index (χ3n) is 6.32. The highest BCUT2D eigenvalue weighted by molar-refractivity contribution is 5.93. The standard InChI is InChI=1S/C26H26F5N5O3/c1-39-10-9-35-13-18(17-7-8-19(27)20(28)11-17)22(14-35)33-25(38)32-21-12-23(37)36(15-26(29,30)31)34-24(21)16-5-3-2-4-6-16/h2-8,11-12,18,22H,9-10,13-15H2,1H3,(H2,32,33,38). The summed E-state index contributed by atoms with van der Waals surface area (Å²) in [6.07, 6.45) is -4.68. The summed E-state index contributed by atoms with van der Waals surface area (Å²) in [5.74, 6) is -2.39. The van der Waals surface area contributed by atoms with Gasteiger partial charge in [0.25, 0.3) is 5.56 Å². The zero-order valence-corrected chi connectivity index (χ0v) is 20.8. The molecule has 1 aliphatic heterocycles. The molecule has 2 amide bonds. The zero-order chi connectivity index (χ0) is 28.2. The third kappa shape index (κ3) is 7.18. The second kappa shape index (κ2) is 11.9. The lowest BCUT2D eigenvalue weighted by Gasteiger charge is -2.21. The molecule has 1 aliphatic rings. The number of alkyl halides is 3. The van der Waals surface area contributed by atoms with Crippen LogP contribution in [0.1, 0.15) is 11.5 Å². The van der Waals surface area contributed by atoms with Crippen molar-refractivity contribution >= 4 is 11.7 Å². The fraction of sp³-hybridized carbons (Fsp3) is 0.346. The fourth-order valence-corrected chi connectivity index (χ4v) is 4.52. The second-order valence-corrected chi connectivity index (χ2v) is 9.12. The van der Waals surface area contributed by atoms with E-state index in [-0.39, 0.29) is 16.1 Å². The van der Waals surface area contributed by atoms with Crippen molar-refractivity contribution < 1.29 is 31.5 Å². The molecule has 2 N–H and O–H groups in total. The molecule has 2 aromatic carbocycles. The zero-order valence-electron chi connectivity index (χ0n) is 20.8. The molecule has 0 spiro atoms. The van der Waals surface area contributed by atoms with Crippen molar-refractivity contribution in [3.63, 3.8) is 0 Å². The number of nitrogens with one attached hydrogen (secondary N) is 2. The summed E-state index contributed by atoms with van der Waals surface area (Å²) in [6.45, 7) is 0.175. The summed E-state index contributed by atoms with van der Waals surface area (Å²) < 4.78 is 71.9. The molecule has 0 saturated carbocycles. The Morgan fingerprint density at radius 2 is 1.82 bits per heavy atom. The number of benzene rings is 2. The van der Waals surface area contributed by atoms with Crippen molar-refractivity contribution in [1.82, 2.24) is 20.0 Å². The van der Waals surface area contributed by atoms with E-state index < -0.39 is 47.9 Å². The second-order valence-electron chi connectivity index (χ2n) is 9.12. The van der Waals surface area contributed by atoms with Crippen molar-refractivity contribution in [3.05, 3.63) is 82.1 Å². The Morgan fingerprint density at radius 1 is 1.08 bits per heavy atom. The van der Waals surface area contributed by atoms with Crippen LogP contribution in [0.5, 0.6) is 0 Å². The maximum Gasteiger partial charge on any atom is 0.408 e. The number of halogens is 5. The minimum atomic E-state index is -4.68. The summed E-state index contributed by atoms with van der Waals surface area (Å²) in [4.78, 5) is 27.5. The number of urea groups is 1. The number of carbonyl (C=O) groups excluding carboxylic acids is 1. The van der Waals surface area contributed by atoms with Crippen molar-refractivity contribution in [1.29, 1.82) is 0 Å². The Bertz CT molecular complexity index is 1370. The number of rotatable bonds is 8. The van der Waals surface area contributed by atoms with E-state index in [1.807, 2.05) is 4.90 Å². The van der Waals surface area contributed by atoms with Gasteiger partial charge in [-0.25, -0.2) is 18.3 Å². The number of nitrogens with zero attached hydrogens (tertiary/aromatic N) is 3. The Hall–Kier alpha value is -3.84. The third-order valence-corrected chi connectivity index (χ3v) is 6.32. The fourth-order valence-electron chi connectivity index (χ4n) is 4.52. The highest BCUT2D eigenvalue weighted by Gasteiger charge is 2.35. The predicted molar refractivity (Wildman–Crippen MR) is 133 cm³/mol. The molecule has 1 aromatic heterocycles. The van der Waals surface area contributed by atoms with Crippen LogP contribution in [0.25, 0.3) is 11.3 Å². The van der Waals surface area contributed by atoms with E-state index in [9.17, 15) is 31.5 Å². The molecule has 8 nitrogen and oxygen atoms in total. The van der Waals surface area contributed by atoms with Crippen LogP contribution in [-0.2, 0) is 11.3 Å². The van der Waals surface area contributed by atoms with Gasteiger partial charge in [-0.1, -0.05) is 36.4 Å². The molecule has 2 unspecified atom stereocenters. The maximum absolute atomic E-state index is 14.0. The first-order valence-corrected chi connectivity index (χ1v) is 12.0. The van der Waals surface area contributed by atoms with E-state index in [0.717, 1.165) is 18.2 Å². The lowest BCUT2D eigenvalue weighted by atomic mass is 9.94. The van der Waals surface area contributed by atoms with Gasteiger partial charge in [0, 0.05) is 44.3 Å². The molecular weight excluding hydrogens is 525 g/mol. The van der Waals surface area contributed by atoms with E-state index >= 15 is 0 Å². The summed E-state index contributed by atoms with van der Waals surface area (Å²) in [6, 6.07) is 11.3. The van der Waals surface area contributed by atoms with Crippen molar-refractivity contribution in [2.24, 2.45) is 0 Å². The maximum atomic E-state index is 14.0. The van der Waals surface area contributed by atoms with Gasteiger partial charge >= 0.3 is 12.2 Å². The molecule has 208 valence electrons. The Balaban J connectivity index is 1.60. The van der Waals surface area contributed by atoms with Crippen LogP contribution in [0.4, 0.5) is 32.4 Å². The molecule has 13 heteroatoms. The van der Waals surface area contributed by atoms with E-state index in [2.05, 4.69) is 15.7 Å². The lowest BCUT2D eigenvalue weighted by molar-refractivity contribution is -0.143. The van der Waals surface area contributed by atoms with E-state index in [0.29, 0.717) is 37.4 Å². The molecular formula is C26H26F5N5O3. The summed E-state index contributed by atoms with van der Waals surface area (Å²) in [5.41, 5.74) is -0.287. The SMILES string of the molecule is COCCN1CC(NC(=O)Nc2cc(=O)n(CC(F)(F)F)nc2-c2ccccc2)C(c2ccc(F)c(F)c2)C1. The lowest BCUT2D eigenvalue weighted by Crippen LogP contribution is -2.42. The van der Waals surface area contributed by atoms with E-state index in [1.165, 1.54) is 6.07 Å². The largest absolute Gasteiger partial charge is 0.408 e. The van der Waals surface area contributed by atoms with Gasteiger partial charge in [-0.05, 0) is 17.7 Å². The first-order valence-electron chi connectivity index (χ1n) is 12.0. The Labute approximate surface area is 220 Å². The van der Waals surface area contributed by atoms with E-state index in [1.54, 1.807) is 37.4 Å². The number of hydrogen-bond acceptors (Lipinski definition) is 5. The molecule has 1 saturated heterocycles. The number of ether oxygens (including phenoxy) is 1. The molecule has 0 radical (unpaired) electrons. The first kappa shape index (κ1) is 28.2. The summed E-state index contributed by atoms with van der Waals surface area (Å²) in [5, 5.41) is 9.22. The van der Waals surface area contributed by atoms with Gasteiger partial charge in [0.2, 0.25) is 0 Å². The minimum Gasteiger partial charge on any atom is -0.383 e. The summed E-state index contributed by atoms with van der Waals surface area (Å²) >= 11 is 0. The molecule has 2 heterocycles. The highest BCUT2D eigenvalue weighted by atomic mass is 19.4. The minimum absolute atomic E-state index is 0.0279. The van der Waals surface area contributed by atoms with Gasteiger partial charge in [0.1, 0.15) is 12.2 Å². The monoisotopic (exact) mass is 551 g/mol. The average Bonchev–Trinajstić information content (AvgIpc) is 3.28. The predicted octanol–water partition coefficient (Wildman–Crippen LogP) is 3.99. The Kier molecular flexibility index (Phi) is 8.60. The van der Waals surface area contributed by atoms with Crippen LogP contribution in [0.2, 0.25) is 0 Å². The normalized spacial score (nSPS) is 17.8. The van der Waals surface area contributed by atoms with Crippen LogP contribution in [0.3, 0.4) is 0 Å². The van der Waals surface area contributed by atoms with Crippen molar-refractivity contribution in [2.75, 3.05) is 38.7 Å². The molecule has 0 bridgehead atoms. The Morgan fingerprint density at radius 3 is 2.49 bits per heavy atom. The van der Waals surface area contributed by atoms with Gasteiger partial charge in [-0.2, -0.15) is 18.3 Å².